The maximum Gasteiger partial charge on any atom is 0.389 e. The van der Waals surface area contributed by atoms with Crippen molar-refractivity contribution in [3.63, 3.8) is 0 Å². The molecule has 2 aromatic carbocycles. The standard InChI is InChI=1S/C26H28F3N3O4.C3H5F3.C2H2/c1-25(2,3)36-20(33)15-17(13-14-26(27,28)29)23(34)32-22-24(35)30-19-12-8-7-11-18(19)21(31-22)16-9-5-4-6-10-16;1-2-3(4,5)6;1-2/h4-12,17,22H,13-15H2,1-3H3,(H,30,35)(H,32,34);2H2,1H3;1-2H/t17-,22-;;/m1../s1. The minimum absolute atomic E-state index is 0.425. The Morgan fingerprint density at radius 3 is 2.02 bits per heavy atom. The van der Waals surface area contributed by atoms with E-state index in [1.807, 2.05) is 6.07 Å². The third-order valence-corrected chi connectivity index (χ3v) is 5.65. The van der Waals surface area contributed by atoms with E-state index in [0.29, 0.717) is 22.5 Å². The first-order valence-corrected chi connectivity index (χ1v) is 13.4. The van der Waals surface area contributed by atoms with E-state index in [-0.39, 0.29) is 0 Å². The minimum atomic E-state index is -4.52. The van der Waals surface area contributed by atoms with Crippen LogP contribution in [0.25, 0.3) is 0 Å². The second-order valence-corrected chi connectivity index (χ2v) is 10.4. The van der Waals surface area contributed by atoms with Crippen molar-refractivity contribution in [1.29, 1.82) is 0 Å². The molecule has 0 saturated heterocycles. The molecule has 2 atom stereocenters. The van der Waals surface area contributed by atoms with Gasteiger partial charge in [0.2, 0.25) is 12.1 Å². The third kappa shape index (κ3) is 13.8. The van der Waals surface area contributed by atoms with Crippen LogP contribution in [0.2, 0.25) is 0 Å². The van der Waals surface area contributed by atoms with Gasteiger partial charge in [-0.15, -0.1) is 12.8 Å². The SMILES string of the molecule is C#C.CC(C)(C)OC(=O)C[C@@H](CCC(F)(F)F)C(=O)N[C@H]1N=C(c2ccccc2)c2ccccc2NC1=O.CCC(F)(F)F. The normalized spacial score (nSPS) is 15.3. The molecule has 0 aliphatic carbocycles. The van der Waals surface area contributed by atoms with Gasteiger partial charge in [0.15, 0.2) is 0 Å². The van der Waals surface area contributed by atoms with E-state index < -0.39 is 73.5 Å². The number of ether oxygens (including phenoxy) is 1. The number of alkyl halides is 6. The molecular formula is C31H35F6N3O4. The van der Waals surface area contributed by atoms with Crippen molar-refractivity contribution in [3.05, 3.63) is 65.7 Å². The van der Waals surface area contributed by atoms with E-state index in [0.717, 1.165) is 6.92 Å². The molecular weight excluding hydrogens is 592 g/mol. The van der Waals surface area contributed by atoms with Crippen LogP contribution < -0.4 is 10.6 Å². The number of hydrogen-bond donors (Lipinski definition) is 2. The first-order chi connectivity index (χ1) is 20.4. The van der Waals surface area contributed by atoms with Gasteiger partial charge in [-0.3, -0.25) is 14.4 Å². The third-order valence-electron chi connectivity index (χ3n) is 5.65. The molecule has 240 valence electrons. The van der Waals surface area contributed by atoms with Gasteiger partial charge in [0.05, 0.1) is 17.8 Å². The largest absolute Gasteiger partial charge is 0.460 e. The highest BCUT2D eigenvalue weighted by molar-refractivity contribution is 6.19. The van der Waals surface area contributed by atoms with Gasteiger partial charge >= 0.3 is 18.3 Å². The van der Waals surface area contributed by atoms with Gasteiger partial charge < -0.3 is 15.4 Å². The van der Waals surface area contributed by atoms with Gasteiger partial charge in [-0.25, -0.2) is 4.99 Å². The smallest absolute Gasteiger partial charge is 0.389 e. The molecule has 2 N–H and O–H groups in total. The summed E-state index contributed by atoms with van der Waals surface area (Å²) in [5, 5.41) is 5.14. The maximum atomic E-state index is 13.1. The Kier molecular flexibility index (Phi) is 14.1. The highest BCUT2D eigenvalue weighted by Crippen LogP contribution is 2.27. The van der Waals surface area contributed by atoms with E-state index in [1.165, 1.54) is 0 Å². The lowest BCUT2D eigenvalue weighted by Crippen LogP contribution is -2.45. The van der Waals surface area contributed by atoms with Gasteiger partial charge in [-0.2, -0.15) is 26.3 Å². The van der Waals surface area contributed by atoms with Crippen LogP contribution in [-0.4, -0.2) is 47.6 Å². The second-order valence-electron chi connectivity index (χ2n) is 10.4. The summed E-state index contributed by atoms with van der Waals surface area (Å²) < 4.78 is 76.3. The molecule has 1 aliphatic rings. The number of nitrogens with zero attached hydrogens (tertiary/aromatic N) is 1. The molecule has 3 rings (SSSR count). The van der Waals surface area contributed by atoms with Crippen molar-refractivity contribution in [1.82, 2.24) is 5.32 Å². The number of carbonyl (C=O) groups is 3. The van der Waals surface area contributed by atoms with Gasteiger partial charge in [0, 0.05) is 29.9 Å². The number of terminal acetylenes is 1. The lowest BCUT2D eigenvalue weighted by atomic mass is 9.97. The first kappa shape index (κ1) is 37.7. The number of aliphatic imine (C=N–C) groups is 1. The van der Waals surface area contributed by atoms with E-state index in [4.69, 9.17) is 4.74 Å². The number of amides is 2. The molecule has 0 fully saturated rings. The lowest BCUT2D eigenvalue weighted by molar-refractivity contribution is -0.159. The van der Waals surface area contributed by atoms with Gasteiger partial charge in [-0.1, -0.05) is 55.5 Å². The molecule has 13 heteroatoms. The quantitative estimate of drug-likeness (QED) is 0.200. The Labute approximate surface area is 252 Å². The summed E-state index contributed by atoms with van der Waals surface area (Å²) >= 11 is 0. The number of hydrogen-bond acceptors (Lipinski definition) is 5. The number of fused-ring (bicyclic) bond motifs is 1. The molecule has 0 radical (unpaired) electrons. The van der Waals surface area contributed by atoms with Crippen molar-refractivity contribution >= 4 is 29.2 Å². The number of halogens is 6. The Morgan fingerprint density at radius 2 is 1.50 bits per heavy atom. The minimum Gasteiger partial charge on any atom is -0.460 e. The summed E-state index contributed by atoms with van der Waals surface area (Å²) in [6.07, 6.45) is -5.11. The van der Waals surface area contributed by atoms with Crippen LogP contribution in [0.3, 0.4) is 0 Å². The zero-order chi connectivity index (χ0) is 33.7. The zero-order valence-corrected chi connectivity index (χ0v) is 24.7. The Hall–Kier alpha value is -4.34. The highest BCUT2D eigenvalue weighted by atomic mass is 19.4. The predicted octanol–water partition coefficient (Wildman–Crippen LogP) is 6.82. The molecule has 1 aliphatic heterocycles. The molecule has 1 heterocycles. The zero-order valence-electron chi connectivity index (χ0n) is 24.7. The summed E-state index contributed by atoms with van der Waals surface area (Å²) in [6.45, 7) is 5.93. The molecule has 0 bridgehead atoms. The topological polar surface area (TPSA) is 96.9 Å². The van der Waals surface area contributed by atoms with Crippen LogP contribution in [0.1, 0.15) is 64.5 Å². The molecule has 0 aromatic heterocycles. The predicted molar refractivity (Wildman–Crippen MR) is 155 cm³/mol. The number of carbonyl (C=O) groups excluding carboxylic acids is 3. The molecule has 0 saturated carbocycles. The summed E-state index contributed by atoms with van der Waals surface area (Å²) in [6, 6.07) is 15.9. The average molecular weight is 628 g/mol. The lowest BCUT2D eigenvalue weighted by Gasteiger charge is -2.23. The van der Waals surface area contributed by atoms with Crippen molar-refractivity contribution < 1.29 is 45.5 Å². The maximum absolute atomic E-state index is 13.1. The number of rotatable bonds is 7. The number of anilines is 1. The molecule has 2 amide bonds. The van der Waals surface area contributed by atoms with Crippen molar-refractivity contribution in [2.45, 2.75) is 77.5 Å². The van der Waals surface area contributed by atoms with Gasteiger partial charge in [0.1, 0.15) is 5.60 Å². The van der Waals surface area contributed by atoms with Crippen molar-refractivity contribution in [3.8, 4) is 12.8 Å². The molecule has 2 aromatic rings. The molecule has 7 nitrogen and oxygen atoms in total. The Balaban J connectivity index is 0.00000108. The molecule has 44 heavy (non-hydrogen) atoms. The second kappa shape index (κ2) is 16.5. The fourth-order valence-corrected chi connectivity index (χ4v) is 3.68. The van der Waals surface area contributed by atoms with Crippen LogP contribution >= 0.6 is 0 Å². The van der Waals surface area contributed by atoms with Crippen LogP contribution in [0.5, 0.6) is 0 Å². The van der Waals surface area contributed by atoms with Crippen LogP contribution in [0.4, 0.5) is 32.0 Å². The number of esters is 1. The summed E-state index contributed by atoms with van der Waals surface area (Å²) in [5.41, 5.74) is 1.33. The summed E-state index contributed by atoms with van der Waals surface area (Å²) in [7, 11) is 0. The number of nitrogens with one attached hydrogen (secondary N) is 2. The highest BCUT2D eigenvalue weighted by Gasteiger charge is 2.35. The van der Waals surface area contributed by atoms with E-state index in [1.54, 1.807) is 69.3 Å². The average Bonchev–Trinajstić information content (AvgIpc) is 3.07. The Morgan fingerprint density at radius 1 is 0.955 bits per heavy atom. The van der Waals surface area contributed by atoms with Crippen LogP contribution in [-0.2, 0) is 19.1 Å². The molecule has 0 unspecified atom stereocenters. The fraction of sp³-hybridized carbons (Fsp3) is 0.419. The van der Waals surface area contributed by atoms with E-state index in [9.17, 15) is 40.7 Å². The van der Waals surface area contributed by atoms with Crippen molar-refractivity contribution in [2.75, 3.05) is 5.32 Å². The number of benzodiazepines with no additional fused rings is 1. The summed E-state index contributed by atoms with van der Waals surface area (Å²) in [4.78, 5) is 42.8. The number of benzene rings is 2. The Bertz CT molecular complexity index is 1300. The van der Waals surface area contributed by atoms with Gasteiger partial charge in [0.25, 0.3) is 5.91 Å². The molecule has 0 spiro atoms. The van der Waals surface area contributed by atoms with E-state index >= 15 is 0 Å². The number of para-hydroxylation sites is 1. The summed E-state index contributed by atoms with van der Waals surface area (Å²) in [5.74, 6) is -3.73. The van der Waals surface area contributed by atoms with E-state index in [2.05, 4.69) is 28.5 Å². The van der Waals surface area contributed by atoms with Gasteiger partial charge in [-0.05, 0) is 33.3 Å². The fourth-order valence-electron chi connectivity index (χ4n) is 3.68. The monoisotopic (exact) mass is 627 g/mol. The van der Waals surface area contributed by atoms with Crippen LogP contribution in [0.15, 0.2) is 59.6 Å². The van der Waals surface area contributed by atoms with Crippen LogP contribution in [0, 0.1) is 18.8 Å². The van der Waals surface area contributed by atoms with Crippen molar-refractivity contribution in [2.24, 2.45) is 10.9 Å². The first-order valence-electron chi connectivity index (χ1n) is 13.4.